The third-order valence-electron chi connectivity index (χ3n) is 3.77. The monoisotopic (exact) mass is 287 g/mol. The lowest BCUT2D eigenvalue weighted by Gasteiger charge is -2.22. The van der Waals surface area contributed by atoms with Crippen LogP contribution in [0.1, 0.15) is 35.6 Å². The van der Waals surface area contributed by atoms with Gasteiger partial charge in [-0.15, -0.1) is 0 Å². The summed E-state index contributed by atoms with van der Waals surface area (Å²) in [4.78, 5) is 0. The molecule has 20 heavy (non-hydrogen) atoms. The van der Waals surface area contributed by atoms with Gasteiger partial charge in [0, 0.05) is 11.1 Å². The molecule has 3 rings (SSSR count). The zero-order valence-corrected chi connectivity index (χ0v) is 12.1. The lowest BCUT2D eigenvalue weighted by atomic mass is 9.88. The van der Waals surface area contributed by atoms with Gasteiger partial charge in [-0.05, 0) is 60.2 Å². The summed E-state index contributed by atoms with van der Waals surface area (Å²) in [6.45, 7) is 0.533. The van der Waals surface area contributed by atoms with Crippen LogP contribution in [0.4, 0.5) is 0 Å². The molecule has 1 atom stereocenters. The standard InChI is InChI=1S/C17H18ClNO/c18-14-5-1-3-12(9-14)11-20-15-7-8-16-13(10-15)4-2-6-17(16)19/h1,3,5,7-10,17H,2,4,6,11,19H2. The lowest BCUT2D eigenvalue weighted by Crippen LogP contribution is -2.17. The van der Waals surface area contributed by atoms with Crippen molar-refractivity contribution in [2.45, 2.75) is 31.9 Å². The Morgan fingerprint density at radius 3 is 2.95 bits per heavy atom. The molecule has 2 aromatic carbocycles. The van der Waals surface area contributed by atoms with Crippen LogP contribution in [0, 0.1) is 0 Å². The quantitative estimate of drug-likeness (QED) is 0.916. The second-order valence-electron chi connectivity index (χ2n) is 5.28. The molecule has 2 N–H and O–H groups in total. The van der Waals surface area contributed by atoms with E-state index in [0.717, 1.165) is 35.6 Å². The Morgan fingerprint density at radius 2 is 2.10 bits per heavy atom. The van der Waals surface area contributed by atoms with E-state index in [2.05, 4.69) is 12.1 Å². The molecule has 2 nitrogen and oxygen atoms in total. The summed E-state index contributed by atoms with van der Waals surface area (Å²) < 4.78 is 5.85. The summed E-state index contributed by atoms with van der Waals surface area (Å²) in [5.41, 5.74) is 9.79. The summed E-state index contributed by atoms with van der Waals surface area (Å²) in [6, 6.07) is 14.2. The van der Waals surface area contributed by atoms with E-state index in [1.54, 1.807) is 0 Å². The van der Waals surface area contributed by atoms with Crippen LogP contribution in [0.3, 0.4) is 0 Å². The van der Waals surface area contributed by atoms with Gasteiger partial charge in [0.15, 0.2) is 0 Å². The number of fused-ring (bicyclic) bond motifs is 1. The van der Waals surface area contributed by atoms with Crippen molar-refractivity contribution >= 4 is 11.6 Å². The summed E-state index contributed by atoms with van der Waals surface area (Å²) in [5.74, 6) is 0.901. The number of halogens is 1. The van der Waals surface area contributed by atoms with E-state index in [4.69, 9.17) is 22.1 Å². The number of nitrogens with two attached hydrogens (primary N) is 1. The molecule has 0 aliphatic heterocycles. The highest BCUT2D eigenvalue weighted by atomic mass is 35.5. The summed E-state index contributed by atoms with van der Waals surface area (Å²) in [6.07, 6.45) is 3.33. The predicted molar refractivity (Wildman–Crippen MR) is 82.1 cm³/mol. The van der Waals surface area contributed by atoms with E-state index in [1.807, 2.05) is 30.3 Å². The van der Waals surface area contributed by atoms with Crippen LogP contribution >= 0.6 is 11.6 Å². The van der Waals surface area contributed by atoms with Crippen molar-refractivity contribution in [2.75, 3.05) is 0 Å². The molecule has 1 unspecified atom stereocenters. The van der Waals surface area contributed by atoms with E-state index in [1.165, 1.54) is 11.1 Å². The van der Waals surface area contributed by atoms with Crippen LogP contribution in [0.25, 0.3) is 0 Å². The fourth-order valence-electron chi connectivity index (χ4n) is 2.71. The van der Waals surface area contributed by atoms with Gasteiger partial charge in [-0.2, -0.15) is 0 Å². The Labute approximate surface area is 124 Å². The highest BCUT2D eigenvalue weighted by Gasteiger charge is 2.16. The largest absolute Gasteiger partial charge is 0.489 e. The van der Waals surface area contributed by atoms with Gasteiger partial charge in [0.1, 0.15) is 12.4 Å². The second kappa shape index (κ2) is 5.86. The number of hydrogen-bond acceptors (Lipinski definition) is 2. The van der Waals surface area contributed by atoms with E-state index >= 15 is 0 Å². The van der Waals surface area contributed by atoms with Crippen molar-refractivity contribution in [3.8, 4) is 5.75 Å². The van der Waals surface area contributed by atoms with Gasteiger partial charge in [-0.1, -0.05) is 29.8 Å². The van der Waals surface area contributed by atoms with Crippen LogP contribution < -0.4 is 10.5 Å². The normalized spacial score (nSPS) is 17.6. The Balaban J connectivity index is 1.72. The van der Waals surface area contributed by atoms with Crippen LogP contribution in [0.2, 0.25) is 5.02 Å². The molecule has 0 heterocycles. The molecule has 0 fully saturated rings. The first kappa shape index (κ1) is 13.5. The maximum Gasteiger partial charge on any atom is 0.120 e. The Morgan fingerprint density at radius 1 is 1.20 bits per heavy atom. The third kappa shape index (κ3) is 2.97. The van der Waals surface area contributed by atoms with E-state index in [0.29, 0.717) is 6.61 Å². The molecule has 2 aromatic rings. The molecule has 0 bridgehead atoms. The minimum atomic E-state index is 0.181. The topological polar surface area (TPSA) is 35.2 Å². The Kier molecular flexibility index (Phi) is 3.95. The van der Waals surface area contributed by atoms with Crippen molar-refractivity contribution in [3.63, 3.8) is 0 Å². The predicted octanol–water partition coefficient (Wildman–Crippen LogP) is 4.26. The van der Waals surface area contributed by atoms with Crippen molar-refractivity contribution in [2.24, 2.45) is 5.73 Å². The third-order valence-corrected chi connectivity index (χ3v) is 4.00. The number of hydrogen-bond donors (Lipinski definition) is 1. The fourth-order valence-corrected chi connectivity index (χ4v) is 2.92. The van der Waals surface area contributed by atoms with Crippen molar-refractivity contribution in [1.82, 2.24) is 0 Å². The van der Waals surface area contributed by atoms with Gasteiger partial charge in [-0.25, -0.2) is 0 Å². The second-order valence-corrected chi connectivity index (χ2v) is 5.71. The molecule has 0 aromatic heterocycles. The fraction of sp³-hybridized carbons (Fsp3) is 0.294. The summed E-state index contributed by atoms with van der Waals surface area (Å²) in [7, 11) is 0. The molecule has 0 radical (unpaired) electrons. The summed E-state index contributed by atoms with van der Waals surface area (Å²) >= 11 is 5.97. The molecule has 0 spiro atoms. The molecule has 104 valence electrons. The van der Waals surface area contributed by atoms with Gasteiger partial charge in [0.25, 0.3) is 0 Å². The molecule has 1 aliphatic carbocycles. The summed E-state index contributed by atoms with van der Waals surface area (Å²) in [5, 5.41) is 0.738. The van der Waals surface area contributed by atoms with Gasteiger partial charge >= 0.3 is 0 Å². The van der Waals surface area contributed by atoms with Gasteiger partial charge < -0.3 is 10.5 Å². The van der Waals surface area contributed by atoms with Gasteiger partial charge in [0.05, 0.1) is 0 Å². The SMILES string of the molecule is NC1CCCc2cc(OCc3cccc(Cl)c3)ccc21. The first-order chi connectivity index (χ1) is 9.72. The number of rotatable bonds is 3. The van der Waals surface area contributed by atoms with E-state index in [-0.39, 0.29) is 6.04 Å². The van der Waals surface area contributed by atoms with Crippen molar-refractivity contribution < 1.29 is 4.74 Å². The molecular formula is C17H18ClNO. The molecule has 3 heteroatoms. The average molecular weight is 288 g/mol. The maximum atomic E-state index is 6.12. The molecule has 0 amide bonds. The number of aryl methyl sites for hydroxylation is 1. The minimum Gasteiger partial charge on any atom is -0.489 e. The first-order valence-electron chi connectivity index (χ1n) is 6.98. The average Bonchev–Trinajstić information content (AvgIpc) is 2.45. The highest BCUT2D eigenvalue weighted by Crippen LogP contribution is 2.30. The van der Waals surface area contributed by atoms with Gasteiger partial charge in [-0.3, -0.25) is 0 Å². The lowest BCUT2D eigenvalue weighted by molar-refractivity contribution is 0.305. The molecule has 1 aliphatic rings. The van der Waals surface area contributed by atoms with Crippen molar-refractivity contribution in [3.05, 3.63) is 64.2 Å². The van der Waals surface area contributed by atoms with Crippen LogP contribution in [-0.4, -0.2) is 0 Å². The first-order valence-corrected chi connectivity index (χ1v) is 7.36. The van der Waals surface area contributed by atoms with E-state index < -0.39 is 0 Å². The van der Waals surface area contributed by atoms with Gasteiger partial charge in [0.2, 0.25) is 0 Å². The van der Waals surface area contributed by atoms with Crippen LogP contribution in [0.5, 0.6) is 5.75 Å². The molecule has 0 saturated heterocycles. The zero-order chi connectivity index (χ0) is 13.9. The molecular weight excluding hydrogens is 270 g/mol. The molecule has 0 saturated carbocycles. The van der Waals surface area contributed by atoms with Crippen LogP contribution in [-0.2, 0) is 13.0 Å². The number of benzene rings is 2. The minimum absolute atomic E-state index is 0.181. The van der Waals surface area contributed by atoms with Crippen LogP contribution in [0.15, 0.2) is 42.5 Å². The smallest absolute Gasteiger partial charge is 0.120 e. The maximum absolute atomic E-state index is 6.12. The van der Waals surface area contributed by atoms with Crippen molar-refractivity contribution in [1.29, 1.82) is 0 Å². The Hall–Kier alpha value is -1.51. The number of ether oxygens (including phenoxy) is 1. The van der Waals surface area contributed by atoms with E-state index in [9.17, 15) is 0 Å². The zero-order valence-electron chi connectivity index (χ0n) is 11.3. The highest BCUT2D eigenvalue weighted by molar-refractivity contribution is 6.30. The Bertz CT molecular complexity index is 612.